The van der Waals surface area contributed by atoms with E-state index < -0.39 is 6.10 Å². The number of carbonyl (C=O) groups excluding carboxylic acids is 1. The van der Waals surface area contributed by atoms with Crippen molar-refractivity contribution in [3.63, 3.8) is 0 Å². The number of amides is 1. The molecule has 0 aliphatic heterocycles. The summed E-state index contributed by atoms with van der Waals surface area (Å²) in [6, 6.07) is 9.00. The first-order chi connectivity index (χ1) is 10.4. The Bertz CT molecular complexity index is 449. The Labute approximate surface area is 133 Å². The molecule has 2 N–H and O–H groups in total. The molecule has 1 aromatic rings. The van der Waals surface area contributed by atoms with Gasteiger partial charge in [0.05, 0.1) is 24.2 Å². The molecule has 0 spiro atoms. The van der Waals surface area contributed by atoms with Gasteiger partial charge in [-0.1, -0.05) is 57.5 Å². The van der Waals surface area contributed by atoms with Crippen LogP contribution >= 0.6 is 0 Å². The van der Waals surface area contributed by atoms with Crippen molar-refractivity contribution in [1.29, 1.82) is 0 Å². The van der Waals surface area contributed by atoms with E-state index in [1.807, 2.05) is 44.2 Å². The predicted octanol–water partition coefficient (Wildman–Crippen LogP) is 2.92. The second kappa shape index (κ2) is 8.91. The van der Waals surface area contributed by atoms with Crippen LogP contribution in [0.15, 0.2) is 30.3 Å². The minimum Gasteiger partial charge on any atom is -0.386 e. The second-order valence-corrected chi connectivity index (χ2v) is 6.03. The van der Waals surface area contributed by atoms with Crippen LogP contribution in [0.25, 0.3) is 0 Å². The average molecular weight is 307 g/mol. The summed E-state index contributed by atoms with van der Waals surface area (Å²) in [5, 5.41) is 13.2. The summed E-state index contributed by atoms with van der Waals surface area (Å²) < 4.78 is 5.49. The van der Waals surface area contributed by atoms with Crippen molar-refractivity contribution >= 4 is 5.91 Å². The molecule has 0 radical (unpaired) electrons. The fourth-order valence-corrected chi connectivity index (χ4v) is 2.68. The smallest absolute Gasteiger partial charge is 0.225 e. The molecule has 4 heteroatoms. The molecule has 1 aromatic carbocycles. The monoisotopic (exact) mass is 307 g/mol. The van der Waals surface area contributed by atoms with Crippen LogP contribution in [-0.2, 0) is 9.53 Å². The number of nitrogens with one attached hydrogen (secondary N) is 1. The predicted molar refractivity (Wildman–Crippen MR) is 88.4 cm³/mol. The Morgan fingerprint density at radius 3 is 2.32 bits per heavy atom. The number of carbonyl (C=O) groups is 1. The highest BCUT2D eigenvalue weighted by atomic mass is 16.5. The van der Waals surface area contributed by atoms with Crippen molar-refractivity contribution < 1.29 is 14.6 Å². The molecule has 1 amide bonds. The molecule has 5 unspecified atom stereocenters. The maximum absolute atomic E-state index is 12.4. The highest BCUT2D eigenvalue weighted by Gasteiger charge is 2.29. The molecule has 0 aliphatic carbocycles. The van der Waals surface area contributed by atoms with Gasteiger partial charge in [0.2, 0.25) is 5.91 Å². The maximum atomic E-state index is 12.4. The van der Waals surface area contributed by atoms with Crippen molar-refractivity contribution in [1.82, 2.24) is 5.32 Å². The van der Waals surface area contributed by atoms with Crippen molar-refractivity contribution in [2.24, 2.45) is 11.8 Å². The molecule has 1 rings (SSSR count). The fourth-order valence-electron chi connectivity index (χ4n) is 2.68. The molecule has 124 valence electrons. The van der Waals surface area contributed by atoms with Gasteiger partial charge in [-0.3, -0.25) is 4.79 Å². The lowest BCUT2D eigenvalue weighted by molar-refractivity contribution is -0.131. The number of hydrogen-bond acceptors (Lipinski definition) is 3. The second-order valence-electron chi connectivity index (χ2n) is 6.03. The van der Waals surface area contributed by atoms with E-state index in [1.165, 1.54) is 0 Å². The number of rotatable bonds is 8. The van der Waals surface area contributed by atoms with Gasteiger partial charge in [0.1, 0.15) is 0 Å². The first-order valence-electron chi connectivity index (χ1n) is 7.98. The van der Waals surface area contributed by atoms with Gasteiger partial charge >= 0.3 is 0 Å². The van der Waals surface area contributed by atoms with E-state index in [-0.39, 0.29) is 24.0 Å². The number of benzene rings is 1. The van der Waals surface area contributed by atoms with Crippen LogP contribution in [0, 0.1) is 11.8 Å². The standard InChI is InChI=1S/C18H29NO3/c1-6-12(2)17(22-5)13(3)18(21)19-14(4)16(20)15-10-8-7-9-11-15/h7-14,16-17,20H,6H2,1-5H3,(H,19,21). The molecule has 4 nitrogen and oxygen atoms in total. The van der Waals surface area contributed by atoms with Gasteiger partial charge in [-0.15, -0.1) is 0 Å². The lowest BCUT2D eigenvalue weighted by atomic mass is 9.90. The quantitative estimate of drug-likeness (QED) is 0.776. The summed E-state index contributed by atoms with van der Waals surface area (Å²) in [7, 11) is 1.64. The van der Waals surface area contributed by atoms with E-state index in [0.29, 0.717) is 5.92 Å². The number of aliphatic hydroxyl groups is 1. The molecule has 0 bridgehead atoms. The number of ether oxygens (including phenoxy) is 1. The van der Waals surface area contributed by atoms with E-state index in [4.69, 9.17) is 4.74 Å². The summed E-state index contributed by atoms with van der Waals surface area (Å²) >= 11 is 0. The molecule has 0 aliphatic rings. The Hall–Kier alpha value is -1.39. The minimum absolute atomic E-state index is 0.0883. The molecular formula is C18H29NO3. The first kappa shape index (κ1) is 18.7. The SMILES string of the molecule is CCC(C)C(OC)C(C)C(=O)NC(C)C(O)c1ccccc1. The molecule has 0 aromatic heterocycles. The van der Waals surface area contributed by atoms with E-state index in [9.17, 15) is 9.90 Å². The third kappa shape index (κ3) is 4.82. The Balaban J connectivity index is 2.66. The molecule has 0 heterocycles. The zero-order valence-electron chi connectivity index (χ0n) is 14.2. The number of methoxy groups -OCH3 is 1. The van der Waals surface area contributed by atoms with Crippen molar-refractivity contribution in [2.75, 3.05) is 7.11 Å². The van der Waals surface area contributed by atoms with Crippen LogP contribution in [0.3, 0.4) is 0 Å². The van der Waals surface area contributed by atoms with Crippen molar-refractivity contribution in [3.8, 4) is 0 Å². The zero-order valence-corrected chi connectivity index (χ0v) is 14.2. The summed E-state index contributed by atoms with van der Waals surface area (Å²) in [6.45, 7) is 7.86. The van der Waals surface area contributed by atoms with Crippen LogP contribution in [0.1, 0.15) is 45.8 Å². The average Bonchev–Trinajstić information content (AvgIpc) is 2.54. The van der Waals surface area contributed by atoms with Crippen molar-refractivity contribution in [2.45, 2.75) is 52.4 Å². The molecule has 0 saturated heterocycles. The third-order valence-electron chi connectivity index (χ3n) is 4.37. The summed E-state index contributed by atoms with van der Waals surface area (Å²) in [4.78, 5) is 12.4. The van der Waals surface area contributed by atoms with E-state index in [1.54, 1.807) is 7.11 Å². The van der Waals surface area contributed by atoms with Crippen molar-refractivity contribution in [3.05, 3.63) is 35.9 Å². The van der Waals surface area contributed by atoms with E-state index >= 15 is 0 Å². The highest BCUT2D eigenvalue weighted by Crippen LogP contribution is 2.21. The highest BCUT2D eigenvalue weighted by molar-refractivity contribution is 5.79. The molecule has 0 saturated carbocycles. The van der Waals surface area contributed by atoms with Gasteiger partial charge in [0.15, 0.2) is 0 Å². The first-order valence-corrected chi connectivity index (χ1v) is 7.98. The Morgan fingerprint density at radius 1 is 1.23 bits per heavy atom. The Kier molecular flexibility index (Phi) is 7.56. The van der Waals surface area contributed by atoms with Gasteiger partial charge in [-0.05, 0) is 18.4 Å². The van der Waals surface area contributed by atoms with Crippen LogP contribution in [0.4, 0.5) is 0 Å². The largest absolute Gasteiger partial charge is 0.386 e. The fraction of sp³-hybridized carbons (Fsp3) is 0.611. The van der Waals surface area contributed by atoms with Crippen LogP contribution < -0.4 is 5.32 Å². The van der Waals surface area contributed by atoms with Crippen LogP contribution in [0.5, 0.6) is 0 Å². The minimum atomic E-state index is -0.720. The van der Waals surface area contributed by atoms with Crippen LogP contribution in [0.2, 0.25) is 0 Å². The molecule has 0 fully saturated rings. The van der Waals surface area contributed by atoms with E-state index in [2.05, 4.69) is 19.2 Å². The summed E-state index contributed by atoms with van der Waals surface area (Å²) in [5.74, 6) is -0.0416. The topological polar surface area (TPSA) is 58.6 Å². The lowest BCUT2D eigenvalue weighted by Crippen LogP contribution is -2.45. The number of hydrogen-bond donors (Lipinski definition) is 2. The van der Waals surface area contributed by atoms with Gasteiger partial charge in [-0.25, -0.2) is 0 Å². The third-order valence-corrected chi connectivity index (χ3v) is 4.37. The van der Waals surface area contributed by atoms with Gasteiger partial charge in [0.25, 0.3) is 0 Å². The summed E-state index contributed by atoms with van der Waals surface area (Å²) in [6.07, 6.45) is 0.117. The van der Waals surface area contributed by atoms with E-state index in [0.717, 1.165) is 12.0 Å². The summed E-state index contributed by atoms with van der Waals surface area (Å²) in [5.41, 5.74) is 0.799. The van der Waals surface area contributed by atoms with Gasteiger partial charge in [-0.2, -0.15) is 0 Å². The zero-order chi connectivity index (χ0) is 16.7. The van der Waals surface area contributed by atoms with Gasteiger partial charge < -0.3 is 15.2 Å². The normalized spacial score (nSPS) is 18.1. The molecule has 22 heavy (non-hydrogen) atoms. The number of aliphatic hydroxyl groups excluding tert-OH is 1. The molecular weight excluding hydrogens is 278 g/mol. The van der Waals surface area contributed by atoms with Crippen LogP contribution in [-0.4, -0.2) is 30.3 Å². The Morgan fingerprint density at radius 2 is 1.82 bits per heavy atom. The maximum Gasteiger partial charge on any atom is 0.225 e. The lowest BCUT2D eigenvalue weighted by Gasteiger charge is -2.29. The molecule has 5 atom stereocenters. The van der Waals surface area contributed by atoms with Gasteiger partial charge in [0, 0.05) is 7.11 Å².